The van der Waals surface area contributed by atoms with Gasteiger partial charge in [0, 0.05) is 4.88 Å². The highest BCUT2D eigenvalue weighted by atomic mass is 35.5. The van der Waals surface area contributed by atoms with Crippen LogP contribution in [0.1, 0.15) is 68.5 Å². The van der Waals surface area contributed by atoms with Gasteiger partial charge >= 0.3 is 0 Å². The molecule has 3 heteroatoms. The molecule has 0 aromatic carbocycles. The smallest absolute Gasteiger partial charge is 0.0693 e. The van der Waals surface area contributed by atoms with E-state index < -0.39 is 0 Å². The molecule has 1 aromatic rings. The highest BCUT2D eigenvalue weighted by Crippen LogP contribution is 2.35. The quantitative estimate of drug-likeness (QED) is 0.346. The Bertz CT molecular complexity index is 296. The van der Waals surface area contributed by atoms with Crippen molar-refractivity contribution in [3.05, 3.63) is 21.3 Å². The lowest BCUT2D eigenvalue weighted by Crippen LogP contribution is -1.88. The summed E-state index contributed by atoms with van der Waals surface area (Å²) in [6, 6.07) is 1.93. The minimum atomic E-state index is 0.109. The number of hydrogen-bond acceptors (Lipinski definition) is 1. The van der Waals surface area contributed by atoms with Crippen LogP contribution in [0.5, 0.6) is 0 Å². The Balaban J connectivity index is 2.05. The first-order valence-corrected chi connectivity index (χ1v) is 8.32. The number of unbranched alkanes of at least 4 members (excludes halogenated alkanes) is 6. The van der Waals surface area contributed by atoms with Crippen LogP contribution in [-0.2, 0) is 0 Å². The van der Waals surface area contributed by atoms with Crippen LogP contribution in [0.3, 0.4) is 0 Å². The lowest BCUT2D eigenvalue weighted by molar-refractivity contribution is 0.573. The first-order valence-electron chi connectivity index (χ1n) is 6.62. The molecule has 0 aliphatic heterocycles. The molecule has 1 aromatic heterocycles. The molecule has 1 rings (SSSR count). The van der Waals surface area contributed by atoms with Crippen molar-refractivity contribution in [3.63, 3.8) is 0 Å². The van der Waals surface area contributed by atoms with Crippen LogP contribution < -0.4 is 0 Å². The summed E-state index contributed by atoms with van der Waals surface area (Å²) in [4.78, 5) is 1.14. The lowest BCUT2D eigenvalue weighted by atomic mass is 10.1. The molecule has 0 bridgehead atoms. The normalized spacial score (nSPS) is 12.9. The molecule has 0 spiro atoms. The van der Waals surface area contributed by atoms with Gasteiger partial charge in [-0.2, -0.15) is 0 Å². The second-order valence-corrected chi connectivity index (χ2v) is 6.39. The van der Waals surface area contributed by atoms with Crippen molar-refractivity contribution in [2.45, 2.75) is 63.7 Å². The summed E-state index contributed by atoms with van der Waals surface area (Å²) in [7, 11) is 0. The number of hydrogen-bond donors (Lipinski definition) is 0. The second-order valence-electron chi connectivity index (χ2n) is 4.51. The van der Waals surface area contributed by atoms with Crippen molar-refractivity contribution in [1.29, 1.82) is 0 Å². The van der Waals surface area contributed by atoms with Crippen molar-refractivity contribution < 1.29 is 0 Å². The standard InChI is InChI=1S/C14H22Cl2S/c1-2-3-4-5-6-7-8-9-12(15)14-13(16)10-11-17-14/h10-12H,2-9H2,1H3. The van der Waals surface area contributed by atoms with Gasteiger partial charge in [-0.3, -0.25) is 0 Å². The zero-order valence-electron chi connectivity index (χ0n) is 10.6. The maximum atomic E-state index is 6.34. The van der Waals surface area contributed by atoms with Crippen molar-refractivity contribution in [2.75, 3.05) is 0 Å². The molecule has 0 saturated carbocycles. The summed E-state index contributed by atoms with van der Waals surface area (Å²) in [6.07, 6.45) is 10.4. The molecule has 1 atom stereocenters. The van der Waals surface area contributed by atoms with Crippen LogP contribution in [0, 0.1) is 0 Å². The Hall–Kier alpha value is 0.280. The van der Waals surface area contributed by atoms with Crippen LogP contribution in [0.2, 0.25) is 5.02 Å². The molecule has 0 N–H and O–H groups in total. The molecule has 17 heavy (non-hydrogen) atoms. The van der Waals surface area contributed by atoms with Crippen LogP contribution >= 0.6 is 34.5 Å². The number of halogens is 2. The summed E-state index contributed by atoms with van der Waals surface area (Å²) in [5.74, 6) is 0. The fourth-order valence-corrected chi connectivity index (χ4v) is 3.62. The molecule has 0 saturated heterocycles. The van der Waals surface area contributed by atoms with Crippen LogP contribution in [-0.4, -0.2) is 0 Å². The molecule has 0 amide bonds. The number of alkyl halides is 1. The average molecular weight is 293 g/mol. The topological polar surface area (TPSA) is 0 Å². The van der Waals surface area contributed by atoms with Crippen LogP contribution in [0.25, 0.3) is 0 Å². The van der Waals surface area contributed by atoms with E-state index >= 15 is 0 Å². The van der Waals surface area contributed by atoms with Gasteiger partial charge < -0.3 is 0 Å². The van der Waals surface area contributed by atoms with E-state index in [1.165, 1.54) is 44.9 Å². The predicted molar refractivity (Wildman–Crippen MR) is 80.5 cm³/mol. The van der Waals surface area contributed by atoms with E-state index in [2.05, 4.69) is 6.92 Å². The van der Waals surface area contributed by atoms with E-state index in [0.29, 0.717) is 0 Å². The Kier molecular flexibility index (Phi) is 8.34. The zero-order chi connectivity index (χ0) is 12.5. The average Bonchev–Trinajstić information content (AvgIpc) is 2.74. The first kappa shape index (κ1) is 15.3. The maximum absolute atomic E-state index is 6.34. The summed E-state index contributed by atoms with van der Waals surface area (Å²) in [6.45, 7) is 2.25. The summed E-state index contributed by atoms with van der Waals surface area (Å²) >= 11 is 14.1. The predicted octanol–water partition coefficient (Wildman–Crippen LogP) is 6.82. The van der Waals surface area contributed by atoms with Gasteiger partial charge in [-0.15, -0.1) is 22.9 Å². The van der Waals surface area contributed by atoms with E-state index in [1.54, 1.807) is 11.3 Å². The molecular formula is C14H22Cl2S. The lowest BCUT2D eigenvalue weighted by Gasteiger charge is -2.07. The summed E-state index contributed by atoms with van der Waals surface area (Å²) in [5.41, 5.74) is 0. The van der Waals surface area contributed by atoms with E-state index in [-0.39, 0.29) is 5.38 Å². The van der Waals surface area contributed by atoms with Gasteiger partial charge in [0.15, 0.2) is 0 Å². The van der Waals surface area contributed by atoms with E-state index in [1.807, 2.05) is 11.4 Å². The van der Waals surface area contributed by atoms with Crippen molar-refractivity contribution >= 4 is 34.5 Å². The third-order valence-electron chi connectivity index (χ3n) is 2.99. The van der Waals surface area contributed by atoms with Crippen molar-refractivity contribution in [3.8, 4) is 0 Å². The molecule has 1 heterocycles. The fourth-order valence-electron chi connectivity index (χ4n) is 1.94. The molecule has 0 fully saturated rings. The van der Waals surface area contributed by atoms with E-state index in [9.17, 15) is 0 Å². The molecule has 0 nitrogen and oxygen atoms in total. The highest BCUT2D eigenvalue weighted by Gasteiger charge is 2.12. The molecule has 98 valence electrons. The maximum Gasteiger partial charge on any atom is 0.0693 e. The Morgan fingerprint density at radius 2 is 1.76 bits per heavy atom. The number of thiophene rings is 1. The van der Waals surface area contributed by atoms with Crippen LogP contribution in [0.15, 0.2) is 11.4 Å². The third kappa shape index (κ3) is 6.13. The minimum Gasteiger partial charge on any atom is -0.146 e. The van der Waals surface area contributed by atoms with Gasteiger partial charge in [0.05, 0.1) is 10.4 Å². The van der Waals surface area contributed by atoms with Gasteiger partial charge in [0.25, 0.3) is 0 Å². The van der Waals surface area contributed by atoms with Gasteiger partial charge in [-0.25, -0.2) is 0 Å². The molecule has 1 unspecified atom stereocenters. The summed E-state index contributed by atoms with van der Waals surface area (Å²) < 4.78 is 0. The third-order valence-corrected chi connectivity index (χ3v) is 5.03. The molecule has 0 radical (unpaired) electrons. The second kappa shape index (κ2) is 9.24. The summed E-state index contributed by atoms with van der Waals surface area (Å²) in [5, 5.41) is 2.95. The fraction of sp³-hybridized carbons (Fsp3) is 0.714. The van der Waals surface area contributed by atoms with Crippen molar-refractivity contribution in [2.24, 2.45) is 0 Å². The largest absolute Gasteiger partial charge is 0.146 e. The highest BCUT2D eigenvalue weighted by molar-refractivity contribution is 7.11. The Morgan fingerprint density at radius 3 is 2.35 bits per heavy atom. The van der Waals surface area contributed by atoms with Gasteiger partial charge in [-0.1, -0.05) is 63.5 Å². The van der Waals surface area contributed by atoms with E-state index in [4.69, 9.17) is 23.2 Å². The van der Waals surface area contributed by atoms with Crippen molar-refractivity contribution in [1.82, 2.24) is 0 Å². The van der Waals surface area contributed by atoms with Gasteiger partial charge in [0.1, 0.15) is 0 Å². The Morgan fingerprint density at radius 1 is 1.12 bits per heavy atom. The molecule has 0 aliphatic rings. The number of rotatable bonds is 9. The monoisotopic (exact) mass is 292 g/mol. The Labute approximate surface area is 119 Å². The minimum absolute atomic E-state index is 0.109. The molecule has 0 aliphatic carbocycles. The van der Waals surface area contributed by atoms with E-state index in [0.717, 1.165) is 16.3 Å². The van der Waals surface area contributed by atoms with Gasteiger partial charge in [-0.05, 0) is 17.9 Å². The first-order chi connectivity index (χ1) is 8.25. The molecular weight excluding hydrogens is 271 g/mol. The SMILES string of the molecule is CCCCCCCCCC(Cl)c1sccc1Cl. The van der Waals surface area contributed by atoms with Gasteiger partial charge in [0.2, 0.25) is 0 Å². The van der Waals surface area contributed by atoms with Crippen LogP contribution in [0.4, 0.5) is 0 Å². The zero-order valence-corrected chi connectivity index (χ0v) is 12.9.